The van der Waals surface area contributed by atoms with Crippen molar-refractivity contribution in [3.05, 3.63) is 52.0 Å². The van der Waals surface area contributed by atoms with E-state index in [1.54, 1.807) is 32.3 Å². The highest BCUT2D eigenvalue weighted by atomic mass is 79.9. The van der Waals surface area contributed by atoms with Crippen LogP contribution < -0.4 is 10.5 Å². The molecule has 1 amide bonds. The number of nitrogens with zero attached hydrogens (tertiary/aromatic N) is 1. The Balaban J connectivity index is 2.35. The van der Waals surface area contributed by atoms with E-state index in [-0.39, 0.29) is 5.91 Å². The lowest BCUT2D eigenvalue weighted by Gasteiger charge is -2.14. The highest BCUT2D eigenvalue weighted by molar-refractivity contribution is 9.10. The van der Waals surface area contributed by atoms with Gasteiger partial charge in [-0.2, -0.15) is 0 Å². The molecule has 0 unspecified atom stereocenters. The second kappa shape index (κ2) is 6.18. The zero-order valence-electron chi connectivity index (χ0n) is 12.2. The Morgan fingerprint density at radius 2 is 1.86 bits per heavy atom. The number of nitrogens with two attached hydrogens (primary N) is 1. The van der Waals surface area contributed by atoms with Crippen molar-refractivity contribution in [3.63, 3.8) is 0 Å². The molecule has 0 fully saturated rings. The van der Waals surface area contributed by atoms with Crippen LogP contribution in [0.5, 0.6) is 11.5 Å². The number of hydrogen-bond donors (Lipinski definition) is 1. The Bertz CT molecular complexity index is 684. The van der Waals surface area contributed by atoms with E-state index in [4.69, 9.17) is 10.5 Å². The molecular formula is C16H17BrN2O2. The number of ether oxygens (including phenoxy) is 1. The fourth-order valence-electron chi connectivity index (χ4n) is 1.82. The van der Waals surface area contributed by atoms with Crippen LogP contribution in [0, 0.1) is 6.92 Å². The van der Waals surface area contributed by atoms with Crippen LogP contribution in [0.3, 0.4) is 0 Å². The molecule has 0 aliphatic rings. The van der Waals surface area contributed by atoms with Gasteiger partial charge in [-0.15, -0.1) is 0 Å². The summed E-state index contributed by atoms with van der Waals surface area (Å²) in [6.07, 6.45) is 0. The van der Waals surface area contributed by atoms with Crippen LogP contribution in [0.1, 0.15) is 15.9 Å². The maximum atomic E-state index is 12.0. The minimum Gasteiger partial charge on any atom is -0.454 e. The first kappa shape index (κ1) is 15.4. The summed E-state index contributed by atoms with van der Waals surface area (Å²) in [6.45, 7) is 2.00. The average molecular weight is 349 g/mol. The molecule has 4 nitrogen and oxygen atoms in total. The van der Waals surface area contributed by atoms with Crippen LogP contribution in [-0.4, -0.2) is 24.9 Å². The number of aryl methyl sites for hydroxylation is 1. The topological polar surface area (TPSA) is 55.6 Å². The van der Waals surface area contributed by atoms with Crippen LogP contribution in [-0.2, 0) is 0 Å². The summed E-state index contributed by atoms with van der Waals surface area (Å²) >= 11 is 3.46. The van der Waals surface area contributed by atoms with E-state index in [2.05, 4.69) is 15.9 Å². The lowest BCUT2D eigenvalue weighted by Crippen LogP contribution is -2.21. The molecule has 2 aromatic rings. The van der Waals surface area contributed by atoms with Crippen molar-refractivity contribution in [2.75, 3.05) is 19.8 Å². The normalized spacial score (nSPS) is 10.3. The molecule has 0 radical (unpaired) electrons. The molecule has 0 heterocycles. The Morgan fingerprint density at radius 1 is 1.14 bits per heavy atom. The lowest BCUT2D eigenvalue weighted by molar-refractivity contribution is 0.0827. The summed E-state index contributed by atoms with van der Waals surface area (Å²) in [5.74, 6) is 1.02. The van der Waals surface area contributed by atoms with Crippen molar-refractivity contribution in [1.82, 2.24) is 4.90 Å². The molecule has 0 saturated heterocycles. The smallest absolute Gasteiger partial charge is 0.253 e. The monoisotopic (exact) mass is 348 g/mol. The summed E-state index contributed by atoms with van der Waals surface area (Å²) in [5.41, 5.74) is 8.07. The van der Waals surface area contributed by atoms with Gasteiger partial charge in [-0.3, -0.25) is 4.79 Å². The van der Waals surface area contributed by atoms with Gasteiger partial charge >= 0.3 is 0 Å². The van der Waals surface area contributed by atoms with Crippen molar-refractivity contribution in [2.24, 2.45) is 0 Å². The third-order valence-electron chi connectivity index (χ3n) is 2.97. The van der Waals surface area contributed by atoms with Crippen LogP contribution in [0.25, 0.3) is 0 Å². The molecule has 0 aliphatic carbocycles. The number of rotatable bonds is 3. The van der Waals surface area contributed by atoms with Crippen LogP contribution in [0.15, 0.2) is 40.9 Å². The maximum Gasteiger partial charge on any atom is 0.253 e. The number of carbonyl (C=O) groups is 1. The van der Waals surface area contributed by atoms with Gasteiger partial charge in [-0.1, -0.05) is 6.07 Å². The van der Waals surface area contributed by atoms with Gasteiger partial charge in [0.05, 0.1) is 10.2 Å². The van der Waals surface area contributed by atoms with E-state index in [0.29, 0.717) is 22.7 Å². The number of nitrogen functional groups attached to an aromatic ring is 1. The van der Waals surface area contributed by atoms with Gasteiger partial charge in [0.2, 0.25) is 0 Å². The van der Waals surface area contributed by atoms with E-state index in [1.165, 1.54) is 4.90 Å². The molecule has 0 bridgehead atoms. The third kappa shape index (κ3) is 3.55. The molecule has 2 N–H and O–H groups in total. The van der Waals surface area contributed by atoms with Gasteiger partial charge in [-0.05, 0) is 58.7 Å². The van der Waals surface area contributed by atoms with E-state index in [0.717, 1.165) is 10.0 Å². The number of carbonyl (C=O) groups excluding carboxylic acids is 1. The second-order valence-electron chi connectivity index (χ2n) is 4.99. The molecule has 5 heteroatoms. The number of amides is 1. The van der Waals surface area contributed by atoms with Crippen LogP contribution in [0.2, 0.25) is 0 Å². The van der Waals surface area contributed by atoms with E-state index in [1.807, 2.05) is 25.1 Å². The third-order valence-corrected chi connectivity index (χ3v) is 3.59. The molecule has 0 spiro atoms. The standard InChI is InChI=1S/C16H17BrN2O2/c1-10-4-7-14(12(17)8-10)21-15-9-11(5-6-13(15)18)16(20)19(2)3/h4-9H,18H2,1-3H3. The Kier molecular flexibility index (Phi) is 4.53. The summed E-state index contributed by atoms with van der Waals surface area (Å²) < 4.78 is 6.66. The average Bonchev–Trinajstić information content (AvgIpc) is 2.43. The molecule has 110 valence electrons. The van der Waals surface area contributed by atoms with Gasteiger partial charge in [0.25, 0.3) is 5.91 Å². The van der Waals surface area contributed by atoms with E-state index >= 15 is 0 Å². The fourth-order valence-corrected chi connectivity index (χ4v) is 2.40. The summed E-state index contributed by atoms with van der Waals surface area (Å²) in [4.78, 5) is 13.5. The zero-order chi connectivity index (χ0) is 15.6. The van der Waals surface area contributed by atoms with Crippen molar-refractivity contribution < 1.29 is 9.53 Å². The Hall–Kier alpha value is -2.01. The number of hydrogen-bond acceptors (Lipinski definition) is 3. The second-order valence-corrected chi connectivity index (χ2v) is 5.84. The predicted octanol–water partition coefficient (Wildman–Crippen LogP) is 3.83. The first-order valence-electron chi connectivity index (χ1n) is 6.43. The molecule has 2 aromatic carbocycles. The SMILES string of the molecule is Cc1ccc(Oc2cc(C(=O)N(C)C)ccc2N)c(Br)c1. The van der Waals surface area contributed by atoms with Crippen LogP contribution in [0.4, 0.5) is 5.69 Å². The zero-order valence-corrected chi connectivity index (χ0v) is 13.8. The first-order valence-corrected chi connectivity index (χ1v) is 7.23. The van der Waals surface area contributed by atoms with E-state index < -0.39 is 0 Å². The highest BCUT2D eigenvalue weighted by Crippen LogP contribution is 2.33. The van der Waals surface area contributed by atoms with Crippen molar-refractivity contribution in [1.29, 1.82) is 0 Å². The first-order chi connectivity index (χ1) is 9.88. The molecule has 0 aliphatic heterocycles. The summed E-state index contributed by atoms with van der Waals surface area (Å²) in [6, 6.07) is 10.8. The maximum absolute atomic E-state index is 12.0. The Morgan fingerprint density at radius 3 is 2.48 bits per heavy atom. The lowest BCUT2D eigenvalue weighted by atomic mass is 10.1. The van der Waals surface area contributed by atoms with Gasteiger partial charge in [0.1, 0.15) is 5.75 Å². The molecular weight excluding hydrogens is 332 g/mol. The van der Waals surface area contributed by atoms with Gasteiger partial charge < -0.3 is 15.4 Å². The molecule has 0 saturated carbocycles. The van der Waals surface area contributed by atoms with Crippen molar-refractivity contribution in [3.8, 4) is 11.5 Å². The fraction of sp³-hybridized carbons (Fsp3) is 0.188. The molecule has 2 rings (SSSR count). The summed E-state index contributed by atoms with van der Waals surface area (Å²) in [7, 11) is 3.41. The van der Waals surface area contributed by atoms with E-state index in [9.17, 15) is 4.79 Å². The molecule has 21 heavy (non-hydrogen) atoms. The Labute approximate surface area is 132 Å². The minimum absolute atomic E-state index is 0.0946. The van der Waals surface area contributed by atoms with Gasteiger partial charge in [-0.25, -0.2) is 0 Å². The quantitative estimate of drug-likeness (QED) is 0.857. The number of halogens is 1. The predicted molar refractivity (Wildman–Crippen MR) is 87.8 cm³/mol. The minimum atomic E-state index is -0.0946. The number of benzene rings is 2. The molecule has 0 aromatic heterocycles. The highest BCUT2D eigenvalue weighted by Gasteiger charge is 2.12. The van der Waals surface area contributed by atoms with Crippen LogP contribution >= 0.6 is 15.9 Å². The summed E-state index contributed by atoms with van der Waals surface area (Å²) in [5, 5.41) is 0. The molecule has 0 atom stereocenters. The van der Waals surface area contributed by atoms with Gasteiger partial charge in [0, 0.05) is 19.7 Å². The van der Waals surface area contributed by atoms with Crippen molar-refractivity contribution >= 4 is 27.5 Å². The van der Waals surface area contributed by atoms with Crippen molar-refractivity contribution in [2.45, 2.75) is 6.92 Å². The van der Waals surface area contributed by atoms with Gasteiger partial charge in [0.15, 0.2) is 5.75 Å². The largest absolute Gasteiger partial charge is 0.454 e. The number of anilines is 1.